The molecule has 27 heavy (non-hydrogen) atoms. The Labute approximate surface area is 160 Å². The van der Waals surface area contributed by atoms with Crippen molar-refractivity contribution in [3.63, 3.8) is 0 Å². The van der Waals surface area contributed by atoms with Crippen LogP contribution in [0.25, 0.3) is 0 Å². The lowest BCUT2D eigenvalue weighted by Crippen LogP contribution is -2.41. The summed E-state index contributed by atoms with van der Waals surface area (Å²) in [5, 5.41) is 0. The zero-order valence-electron chi connectivity index (χ0n) is 15.7. The first kappa shape index (κ1) is 19.4. The minimum Gasteiger partial charge on any atom is -0.494 e. The summed E-state index contributed by atoms with van der Waals surface area (Å²) in [5.41, 5.74) is 3.04. The van der Waals surface area contributed by atoms with Gasteiger partial charge in [-0.2, -0.15) is 4.72 Å². The smallest absolute Gasteiger partial charge is 0.245 e. The van der Waals surface area contributed by atoms with E-state index < -0.39 is 16.1 Å². The van der Waals surface area contributed by atoms with Gasteiger partial charge in [0, 0.05) is 12.2 Å². The van der Waals surface area contributed by atoms with Crippen LogP contribution in [0.2, 0.25) is 0 Å². The summed E-state index contributed by atoms with van der Waals surface area (Å²) in [6.07, 6.45) is 0.433. The van der Waals surface area contributed by atoms with Gasteiger partial charge in [0.15, 0.2) is 0 Å². The molecule has 0 saturated carbocycles. The van der Waals surface area contributed by atoms with E-state index in [1.807, 2.05) is 39.0 Å². The van der Waals surface area contributed by atoms with Crippen LogP contribution in [0.3, 0.4) is 0 Å². The number of rotatable bonds is 6. The number of anilines is 1. The van der Waals surface area contributed by atoms with E-state index in [-0.39, 0.29) is 10.8 Å². The van der Waals surface area contributed by atoms with Crippen LogP contribution in [0.1, 0.15) is 24.5 Å². The van der Waals surface area contributed by atoms with Gasteiger partial charge in [-0.1, -0.05) is 6.07 Å². The van der Waals surface area contributed by atoms with Crippen LogP contribution in [-0.4, -0.2) is 33.5 Å². The molecule has 1 saturated heterocycles. The van der Waals surface area contributed by atoms with Crippen LogP contribution in [0, 0.1) is 13.8 Å². The van der Waals surface area contributed by atoms with E-state index >= 15 is 0 Å². The van der Waals surface area contributed by atoms with Crippen LogP contribution in [-0.2, 0) is 14.8 Å². The predicted octanol–water partition coefficient (Wildman–Crippen LogP) is 2.79. The second-order valence-corrected chi connectivity index (χ2v) is 8.34. The molecule has 1 heterocycles. The van der Waals surface area contributed by atoms with E-state index in [0.717, 1.165) is 16.8 Å². The number of carbonyl (C=O) groups is 1. The monoisotopic (exact) mass is 388 g/mol. The first-order valence-electron chi connectivity index (χ1n) is 8.95. The van der Waals surface area contributed by atoms with Crippen LogP contribution in [0.5, 0.6) is 5.75 Å². The third kappa shape index (κ3) is 4.14. The van der Waals surface area contributed by atoms with Gasteiger partial charge < -0.3 is 9.64 Å². The molecule has 144 valence electrons. The Morgan fingerprint density at radius 2 is 1.81 bits per heavy atom. The van der Waals surface area contributed by atoms with E-state index in [1.54, 1.807) is 17.0 Å². The second kappa shape index (κ2) is 7.70. The molecule has 1 N–H and O–H groups in total. The van der Waals surface area contributed by atoms with Gasteiger partial charge in [0.1, 0.15) is 11.8 Å². The molecule has 2 aromatic carbocycles. The molecule has 3 rings (SSSR count). The zero-order chi connectivity index (χ0) is 19.6. The van der Waals surface area contributed by atoms with Gasteiger partial charge in [0.2, 0.25) is 15.9 Å². The molecule has 0 aliphatic carbocycles. The Bertz CT molecular complexity index is 939. The number of carbonyl (C=O) groups excluding carboxylic acids is 1. The lowest BCUT2D eigenvalue weighted by atomic mass is 10.1. The molecule has 7 heteroatoms. The quantitative estimate of drug-likeness (QED) is 0.826. The Kier molecular flexibility index (Phi) is 5.53. The van der Waals surface area contributed by atoms with E-state index in [4.69, 9.17) is 4.74 Å². The summed E-state index contributed by atoms with van der Waals surface area (Å²) < 4.78 is 33.1. The van der Waals surface area contributed by atoms with E-state index in [9.17, 15) is 13.2 Å². The molecule has 0 bridgehead atoms. The van der Waals surface area contributed by atoms with Crippen LogP contribution < -0.4 is 14.4 Å². The number of nitrogens with zero attached hydrogens (tertiary/aromatic N) is 1. The van der Waals surface area contributed by atoms with Gasteiger partial charge in [-0.25, -0.2) is 8.42 Å². The number of hydrogen-bond donors (Lipinski definition) is 1. The summed E-state index contributed by atoms with van der Waals surface area (Å²) in [5.74, 6) is 0.377. The molecule has 6 nitrogen and oxygen atoms in total. The maximum absolute atomic E-state index is 12.7. The largest absolute Gasteiger partial charge is 0.494 e. The van der Waals surface area contributed by atoms with Gasteiger partial charge in [-0.15, -0.1) is 0 Å². The number of aryl methyl sites for hydroxylation is 2. The third-order valence-electron chi connectivity index (χ3n) is 4.75. The number of benzene rings is 2. The van der Waals surface area contributed by atoms with E-state index in [1.165, 1.54) is 12.1 Å². The topological polar surface area (TPSA) is 75.7 Å². The van der Waals surface area contributed by atoms with Gasteiger partial charge >= 0.3 is 0 Å². The molecule has 1 fully saturated rings. The van der Waals surface area contributed by atoms with Crippen molar-refractivity contribution in [2.24, 2.45) is 0 Å². The molecule has 1 aliphatic rings. The fraction of sp³-hybridized carbons (Fsp3) is 0.350. The molecule has 1 amide bonds. The summed E-state index contributed by atoms with van der Waals surface area (Å²) in [7, 11) is -3.78. The minimum atomic E-state index is -3.78. The standard InChI is InChI=1S/C20H24N2O4S/c1-4-26-17-7-9-18(10-8-17)27(24,25)21-19-11-12-22(20(19)23)16-6-5-14(2)15(3)13-16/h5-10,13,19,21H,4,11-12H2,1-3H3/t19-/m0/s1. The maximum Gasteiger partial charge on any atom is 0.245 e. The number of amides is 1. The highest BCUT2D eigenvalue weighted by Gasteiger charge is 2.35. The molecular formula is C20H24N2O4S. The van der Waals surface area contributed by atoms with Crippen molar-refractivity contribution >= 4 is 21.6 Å². The first-order chi connectivity index (χ1) is 12.8. The lowest BCUT2D eigenvalue weighted by molar-refractivity contribution is -0.118. The van der Waals surface area contributed by atoms with Gasteiger partial charge in [-0.05, 0) is 74.7 Å². The van der Waals surface area contributed by atoms with Crippen LogP contribution in [0.4, 0.5) is 5.69 Å². The fourth-order valence-electron chi connectivity index (χ4n) is 3.08. The third-order valence-corrected chi connectivity index (χ3v) is 6.24. The van der Waals surface area contributed by atoms with Crippen molar-refractivity contribution < 1.29 is 17.9 Å². The van der Waals surface area contributed by atoms with E-state index in [0.29, 0.717) is 25.3 Å². The highest BCUT2D eigenvalue weighted by molar-refractivity contribution is 7.89. The number of ether oxygens (including phenoxy) is 1. The average Bonchev–Trinajstić information content (AvgIpc) is 2.98. The summed E-state index contributed by atoms with van der Waals surface area (Å²) in [6, 6.07) is 11.2. The lowest BCUT2D eigenvalue weighted by Gasteiger charge is -2.18. The van der Waals surface area contributed by atoms with Crippen molar-refractivity contribution in [2.75, 3.05) is 18.1 Å². The number of sulfonamides is 1. The average molecular weight is 388 g/mol. The normalized spacial score (nSPS) is 17.4. The van der Waals surface area contributed by atoms with Crippen molar-refractivity contribution in [3.05, 3.63) is 53.6 Å². The van der Waals surface area contributed by atoms with Gasteiger partial charge in [-0.3, -0.25) is 4.79 Å². The molecule has 0 radical (unpaired) electrons. The Hall–Kier alpha value is -2.38. The Morgan fingerprint density at radius 1 is 1.11 bits per heavy atom. The first-order valence-corrected chi connectivity index (χ1v) is 10.4. The summed E-state index contributed by atoms with van der Waals surface area (Å²) >= 11 is 0. The molecule has 0 aromatic heterocycles. The Balaban J connectivity index is 1.73. The summed E-state index contributed by atoms with van der Waals surface area (Å²) in [4.78, 5) is 14.5. The maximum atomic E-state index is 12.7. The minimum absolute atomic E-state index is 0.114. The second-order valence-electron chi connectivity index (χ2n) is 6.63. The molecular weight excluding hydrogens is 364 g/mol. The van der Waals surface area contributed by atoms with Crippen molar-refractivity contribution in [1.82, 2.24) is 4.72 Å². The van der Waals surface area contributed by atoms with Crippen molar-refractivity contribution in [2.45, 2.75) is 38.1 Å². The molecule has 1 aliphatic heterocycles. The van der Waals surface area contributed by atoms with Crippen LogP contribution >= 0.6 is 0 Å². The summed E-state index contributed by atoms with van der Waals surface area (Å²) in [6.45, 7) is 6.86. The molecule has 2 aromatic rings. The van der Waals surface area contributed by atoms with Crippen molar-refractivity contribution in [3.8, 4) is 5.75 Å². The van der Waals surface area contributed by atoms with Gasteiger partial charge in [0.25, 0.3) is 0 Å². The number of nitrogens with one attached hydrogen (secondary N) is 1. The highest BCUT2D eigenvalue weighted by Crippen LogP contribution is 2.25. The molecule has 0 spiro atoms. The number of hydrogen-bond acceptors (Lipinski definition) is 4. The Morgan fingerprint density at radius 3 is 2.44 bits per heavy atom. The van der Waals surface area contributed by atoms with Crippen molar-refractivity contribution in [1.29, 1.82) is 0 Å². The van der Waals surface area contributed by atoms with Crippen LogP contribution in [0.15, 0.2) is 47.4 Å². The molecule has 1 atom stereocenters. The fourth-order valence-corrected chi connectivity index (χ4v) is 4.30. The van der Waals surface area contributed by atoms with Gasteiger partial charge in [0.05, 0.1) is 11.5 Å². The van der Waals surface area contributed by atoms with E-state index in [2.05, 4.69) is 4.72 Å². The zero-order valence-corrected chi connectivity index (χ0v) is 16.5. The SMILES string of the molecule is CCOc1ccc(S(=O)(=O)N[C@H]2CCN(c3ccc(C)c(C)c3)C2=O)cc1. The molecule has 0 unspecified atom stereocenters. The highest BCUT2D eigenvalue weighted by atomic mass is 32.2. The predicted molar refractivity (Wildman–Crippen MR) is 105 cm³/mol.